The molecule has 0 spiro atoms. The average molecular weight is 484 g/mol. The highest BCUT2D eigenvalue weighted by Crippen LogP contribution is 2.32. The first kappa shape index (κ1) is 22.9. The monoisotopic (exact) mass is 483 g/mol. The highest BCUT2D eigenvalue weighted by Gasteiger charge is 2.21. The Hall–Kier alpha value is -3.88. The van der Waals surface area contributed by atoms with Crippen molar-refractivity contribution in [2.45, 2.75) is 11.6 Å². The van der Waals surface area contributed by atoms with Crippen LogP contribution in [0.2, 0.25) is 0 Å². The molecule has 35 heavy (non-hydrogen) atoms. The van der Waals surface area contributed by atoms with Crippen LogP contribution >= 0.6 is 11.8 Å². The van der Waals surface area contributed by atoms with Gasteiger partial charge in [-0.25, -0.2) is 4.68 Å². The van der Waals surface area contributed by atoms with Gasteiger partial charge in [0.1, 0.15) is 11.4 Å². The third-order valence-corrected chi connectivity index (χ3v) is 6.52. The Labute approximate surface area is 208 Å². The Balaban J connectivity index is 1.65. The van der Waals surface area contributed by atoms with Crippen LogP contribution in [0.4, 0.5) is 0 Å². The number of hydrogen-bond donors (Lipinski definition) is 1. The van der Waals surface area contributed by atoms with Gasteiger partial charge < -0.3 is 9.84 Å². The molecule has 0 saturated heterocycles. The zero-order valence-electron chi connectivity index (χ0n) is 19.3. The average Bonchev–Trinajstić information content (AvgIpc) is 3.55. The molecule has 1 N–H and O–H groups in total. The minimum atomic E-state index is 0.145. The second-order valence-electron chi connectivity index (χ2n) is 7.79. The van der Waals surface area contributed by atoms with E-state index in [1.807, 2.05) is 88.1 Å². The molecule has 7 nitrogen and oxygen atoms in total. The van der Waals surface area contributed by atoms with Gasteiger partial charge in [-0.1, -0.05) is 60.3 Å². The molecular weight excluding hydrogens is 458 g/mol. The fourth-order valence-corrected chi connectivity index (χ4v) is 4.67. The van der Waals surface area contributed by atoms with Crippen molar-refractivity contribution in [3.8, 4) is 39.9 Å². The zero-order chi connectivity index (χ0) is 24.0. The lowest BCUT2D eigenvalue weighted by molar-refractivity contribution is 0.296. The van der Waals surface area contributed by atoms with E-state index in [0.29, 0.717) is 17.9 Å². The van der Waals surface area contributed by atoms with Gasteiger partial charge in [-0.05, 0) is 48.9 Å². The molecule has 0 saturated carbocycles. The van der Waals surface area contributed by atoms with Gasteiger partial charge >= 0.3 is 0 Å². The summed E-state index contributed by atoms with van der Waals surface area (Å²) in [7, 11) is 1.66. The molecule has 176 valence electrons. The summed E-state index contributed by atoms with van der Waals surface area (Å²) in [6.45, 7) is 0.145. The lowest BCUT2D eigenvalue weighted by Gasteiger charge is -2.09. The maximum Gasteiger partial charge on any atom is 0.196 e. The molecule has 2 aromatic heterocycles. The van der Waals surface area contributed by atoms with Gasteiger partial charge in [0, 0.05) is 23.6 Å². The molecule has 0 aliphatic heterocycles. The second-order valence-corrected chi connectivity index (χ2v) is 8.86. The van der Waals surface area contributed by atoms with Crippen molar-refractivity contribution in [1.82, 2.24) is 24.5 Å². The first-order valence-electron chi connectivity index (χ1n) is 11.3. The maximum absolute atomic E-state index is 9.22. The Morgan fingerprint density at radius 3 is 2.26 bits per heavy atom. The molecule has 2 heterocycles. The van der Waals surface area contributed by atoms with E-state index in [1.165, 1.54) is 0 Å². The number of nitrogens with zero attached hydrogens (tertiary/aromatic N) is 5. The maximum atomic E-state index is 9.22. The van der Waals surface area contributed by atoms with Crippen LogP contribution in [0.25, 0.3) is 34.2 Å². The Bertz CT molecular complexity index is 1380. The molecular formula is C27H25N5O2S. The molecule has 5 rings (SSSR count). The third kappa shape index (κ3) is 4.84. The lowest BCUT2D eigenvalue weighted by atomic mass is 10.1. The van der Waals surface area contributed by atoms with Crippen molar-refractivity contribution < 1.29 is 9.84 Å². The van der Waals surface area contributed by atoms with E-state index < -0.39 is 0 Å². The first-order valence-corrected chi connectivity index (χ1v) is 12.3. The van der Waals surface area contributed by atoms with Gasteiger partial charge in [0.25, 0.3) is 0 Å². The number of methoxy groups -OCH3 is 1. The van der Waals surface area contributed by atoms with Gasteiger partial charge in [0.2, 0.25) is 0 Å². The molecule has 0 amide bonds. The van der Waals surface area contributed by atoms with Crippen molar-refractivity contribution >= 4 is 11.8 Å². The summed E-state index contributed by atoms with van der Waals surface area (Å²) in [5.74, 6) is 2.19. The molecule has 0 fully saturated rings. The van der Waals surface area contributed by atoms with E-state index in [9.17, 15) is 5.11 Å². The molecule has 5 aromatic rings. The van der Waals surface area contributed by atoms with Crippen LogP contribution in [0.15, 0.2) is 96.2 Å². The number of aromatic nitrogens is 5. The molecule has 0 aliphatic rings. The van der Waals surface area contributed by atoms with Crippen molar-refractivity contribution in [3.05, 3.63) is 91.0 Å². The van der Waals surface area contributed by atoms with Gasteiger partial charge in [-0.2, -0.15) is 5.10 Å². The summed E-state index contributed by atoms with van der Waals surface area (Å²) in [5.41, 5.74) is 4.58. The van der Waals surface area contributed by atoms with Gasteiger partial charge in [0.05, 0.1) is 18.5 Å². The van der Waals surface area contributed by atoms with Crippen LogP contribution < -0.4 is 4.74 Å². The van der Waals surface area contributed by atoms with Crippen LogP contribution in [-0.4, -0.2) is 49.1 Å². The fraction of sp³-hybridized carbons (Fsp3) is 0.148. The lowest BCUT2D eigenvalue weighted by Crippen LogP contribution is -2.02. The number of aliphatic hydroxyl groups excluding tert-OH is 1. The standard InChI is InChI=1S/C27H25N5O2S/c1-34-23-15-13-22(14-16-23)32-25(20-9-4-2-5-10-20)19-24(30-32)26-28-29-27(35-18-8-17-33)31(26)21-11-6-3-7-12-21/h2-7,9-16,19,33H,8,17-18H2,1H3. The van der Waals surface area contributed by atoms with Crippen LogP contribution in [-0.2, 0) is 0 Å². The summed E-state index contributed by atoms with van der Waals surface area (Å²) in [6.07, 6.45) is 0.686. The molecule has 0 radical (unpaired) electrons. The number of para-hydroxylation sites is 1. The highest BCUT2D eigenvalue weighted by molar-refractivity contribution is 7.99. The molecule has 0 atom stereocenters. The largest absolute Gasteiger partial charge is 0.497 e. The van der Waals surface area contributed by atoms with Gasteiger partial charge in [0.15, 0.2) is 11.0 Å². The SMILES string of the molecule is COc1ccc(-n2nc(-c3nnc(SCCCO)n3-c3ccccc3)cc2-c2ccccc2)cc1. The molecule has 3 aromatic carbocycles. The fourth-order valence-electron chi connectivity index (χ4n) is 3.79. The van der Waals surface area contributed by atoms with Crippen molar-refractivity contribution in [3.63, 3.8) is 0 Å². The van der Waals surface area contributed by atoms with E-state index >= 15 is 0 Å². The van der Waals surface area contributed by atoms with Crippen molar-refractivity contribution in [2.24, 2.45) is 0 Å². The summed E-state index contributed by atoms with van der Waals surface area (Å²) in [4.78, 5) is 0. The van der Waals surface area contributed by atoms with Crippen molar-refractivity contribution in [1.29, 1.82) is 0 Å². The Morgan fingerprint density at radius 1 is 0.857 bits per heavy atom. The Kier molecular flexibility index (Phi) is 6.92. The number of thioether (sulfide) groups is 1. The summed E-state index contributed by atoms with van der Waals surface area (Å²) < 4.78 is 9.28. The normalized spacial score (nSPS) is 11.0. The molecule has 0 unspecified atom stereocenters. The van der Waals surface area contributed by atoms with E-state index in [2.05, 4.69) is 22.3 Å². The van der Waals surface area contributed by atoms with Gasteiger partial charge in [-0.3, -0.25) is 4.57 Å². The van der Waals surface area contributed by atoms with Crippen LogP contribution in [0.3, 0.4) is 0 Å². The smallest absolute Gasteiger partial charge is 0.196 e. The summed E-state index contributed by atoms with van der Waals surface area (Å²) >= 11 is 1.57. The molecule has 0 bridgehead atoms. The third-order valence-electron chi connectivity index (χ3n) is 5.51. The Morgan fingerprint density at radius 2 is 1.57 bits per heavy atom. The quantitative estimate of drug-likeness (QED) is 0.227. The second kappa shape index (κ2) is 10.6. The minimum Gasteiger partial charge on any atom is -0.497 e. The summed E-state index contributed by atoms with van der Waals surface area (Å²) in [6, 6.07) is 30.1. The van der Waals surface area contributed by atoms with Gasteiger partial charge in [-0.15, -0.1) is 10.2 Å². The number of ether oxygens (including phenoxy) is 1. The predicted molar refractivity (Wildman–Crippen MR) is 138 cm³/mol. The van der Waals surface area contributed by atoms with E-state index in [-0.39, 0.29) is 6.61 Å². The summed E-state index contributed by atoms with van der Waals surface area (Å²) in [5, 5.41) is 24.0. The van der Waals surface area contributed by atoms with Crippen LogP contribution in [0.5, 0.6) is 5.75 Å². The highest BCUT2D eigenvalue weighted by atomic mass is 32.2. The number of rotatable bonds is 9. The number of benzene rings is 3. The topological polar surface area (TPSA) is 78.0 Å². The predicted octanol–water partition coefficient (Wildman–Crippen LogP) is 5.27. The molecule has 0 aliphatic carbocycles. The van der Waals surface area contributed by atoms with E-state index in [1.54, 1.807) is 18.9 Å². The molecule has 8 heteroatoms. The first-order chi connectivity index (χ1) is 17.3. The minimum absolute atomic E-state index is 0.145. The van der Waals surface area contributed by atoms with Crippen molar-refractivity contribution in [2.75, 3.05) is 19.5 Å². The number of aliphatic hydroxyl groups is 1. The number of hydrogen-bond acceptors (Lipinski definition) is 6. The van der Waals surface area contributed by atoms with Crippen LogP contribution in [0.1, 0.15) is 6.42 Å². The van der Waals surface area contributed by atoms with E-state index in [0.717, 1.165) is 39.3 Å². The van der Waals surface area contributed by atoms with E-state index in [4.69, 9.17) is 9.84 Å². The zero-order valence-corrected chi connectivity index (χ0v) is 20.1. The van der Waals surface area contributed by atoms with Crippen LogP contribution in [0, 0.1) is 0 Å².